The highest BCUT2D eigenvalue weighted by atomic mass is 79.9. The van der Waals surface area contributed by atoms with Gasteiger partial charge in [-0.25, -0.2) is 9.79 Å². The van der Waals surface area contributed by atoms with Gasteiger partial charge >= 0.3 is 5.97 Å². The van der Waals surface area contributed by atoms with E-state index >= 15 is 0 Å². The Hall–Kier alpha value is -2.60. The van der Waals surface area contributed by atoms with E-state index in [-0.39, 0.29) is 11.6 Å². The maximum Gasteiger partial charge on any atom is 0.363 e. The number of benzene rings is 2. The third-order valence-electron chi connectivity index (χ3n) is 3.44. The summed E-state index contributed by atoms with van der Waals surface area (Å²) < 4.78 is 16.6. The molecule has 0 N–H and O–H groups in total. The largest absolute Gasteiger partial charge is 0.496 e. The van der Waals surface area contributed by atoms with Gasteiger partial charge in [0.15, 0.2) is 5.70 Å². The highest BCUT2D eigenvalue weighted by Gasteiger charge is 2.24. The molecule has 1 heterocycles. The molecular formula is C18H14BrNO4. The van der Waals surface area contributed by atoms with Gasteiger partial charge in [-0.2, -0.15) is 0 Å². The summed E-state index contributed by atoms with van der Waals surface area (Å²) in [5.41, 5.74) is 1.62. The van der Waals surface area contributed by atoms with Crippen molar-refractivity contribution >= 4 is 33.9 Å². The van der Waals surface area contributed by atoms with Crippen LogP contribution in [0.15, 0.2) is 57.6 Å². The van der Waals surface area contributed by atoms with Crippen LogP contribution in [0.5, 0.6) is 11.5 Å². The van der Waals surface area contributed by atoms with Gasteiger partial charge in [-0.05, 0) is 46.3 Å². The molecule has 0 aromatic heterocycles. The van der Waals surface area contributed by atoms with E-state index < -0.39 is 5.97 Å². The molecule has 5 nitrogen and oxygen atoms in total. The lowest BCUT2D eigenvalue weighted by atomic mass is 10.1. The average molecular weight is 388 g/mol. The van der Waals surface area contributed by atoms with E-state index in [1.807, 2.05) is 30.3 Å². The molecule has 0 bridgehead atoms. The third-order valence-corrected chi connectivity index (χ3v) is 4.06. The minimum absolute atomic E-state index is 0.205. The molecular weight excluding hydrogens is 374 g/mol. The van der Waals surface area contributed by atoms with E-state index in [0.717, 1.165) is 10.0 Å². The molecule has 0 saturated heterocycles. The minimum atomic E-state index is -0.502. The molecule has 0 atom stereocenters. The van der Waals surface area contributed by atoms with Gasteiger partial charge in [0.25, 0.3) is 0 Å². The molecule has 0 radical (unpaired) electrons. The van der Waals surface area contributed by atoms with Gasteiger partial charge in [0, 0.05) is 11.1 Å². The first-order valence-electron chi connectivity index (χ1n) is 7.12. The van der Waals surface area contributed by atoms with Crippen LogP contribution in [-0.4, -0.2) is 26.1 Å². The summed E-state index contributed by atoms with van der Waals surface area (Å²) in [4.78, 5) is 16.4. The number of hydrogen-bond donors (Lipinski definition) is 0. The number of rotatable bonds is 4. The fourth-order valence-electron chi connectivity index (χ4n) is 2.26. The Labute approximate surface area is 147 Å². The first-order chi connectivity index (χ1) is 11.6. The summed E-state index contributed by atoms with van der Waals surface area (Å²) in [5, 5.41) is 0. The van der Waals surface area contributed by atoms with Crippen LogP contribution in [0.2, 0.25) is 0 Å². The second kappa shape index (κ2) is 6.88. The zero-order chi connectivity index (χ0) is 17.1. The number of methoxy groups -OCH3 is 2. The molecule has 2 aromatic carbocycles. The van der Waals surface area contributed by atoms with Gasteiger partial charge < -0.3 is 14.2 Å². The second-order valence-electron chi connectivity index (χ2n) is 4.93. The van der Waals surface area contributed by atoms with Crippen molar-refractivity contribution in [2.45, 2.75) is 0 Å². The summed E-state index contributed by atoms with van der Waals surface area (Å²) in [6.07, 6.45) is 1.62. The molecule has 0 aliphatic carbocycles. The number of halogens is 1. The van der Waals surface area contributed by atoms with Crippen molar-refractivity contribution in [3.8, 4) is 11.5 Å². The summed E-state index contributed by atoms with van der Waals surface area (Å²) >= 11 is 3.40. The second-order valence-corrected chi connectivity index (χ2v) is 5.79. The van der Waals surface area contributed by atoms with Crippen molar-refractivity contribution in [3.05, 3.63) is 63.8 Å². The Balaban J connectivity index is 2.02. The maximum absolute atomic E-state index is 12.1. The number of nitrogens with zero attached hydrogens (tertiary/aromatic N) is 1. The Bertz CT molecular complexity index is 844. The van der Waals surface area contributed by atoms with E-state index in [2.05, 4.69) is 20.9 Å². The van der Waals surface area contributed by atoms with Crippen LogP contribution < -0.4 is 9.47 Å². The monoisotopic (exact) mass is 387 g/mol. The number of cyclic esters (lactones) is 1. The number of carbonyl (C=O) groups is 1. The summed E-state index contributed by atoms with van der Waals surface area (Å²) in [7, 11) is 3.13. The molecule has 3 rings (SSSR count). The average Bonchev–Trinajstić information content (AvgIpc) is 2.97. The standard InChI is InChI=1S/C18H14BrNO4/c1-22-15-10-13(19)16(23-2)9-12(15)8-14-18(21)24-17(20-14)11-6-4-3-5-7-11/h3-10H,1-2H3. The quantitative estimate of drug-likeness (QED) is 0.591. The van der Waals surface area contributed by atoms with Crippen LogP contribution in [0, 0.1) is 0 Å². The molecule has 6 heteroatoms. The highest BCUT2D eigenvalue weighted by Crippen LogP contribution is 2.34. The fourth-order valence-corrected chi connectivity index (χ4v) is 2.74. The predicted molar refractivity (Wildman–Crippen MR) is 94.3 cm³/mol. The zero-order valence-electron chi connectivity index (χ0n) is 13.1. The normalized spacial score (nSPS) is 15.2. The number of aliphatic imine (C=N–C) groups is 1. The molecule has 0 fully saturated rings. The van der Waals surface area contributed by atoms with Crippen LogP contribution in [0.25, 0.3) is 6.08 Å². The molecule has 1 aliphatic heterocycles. The number of hydrogen-bond acceptors (Lipinski definition) is 5. The minimum Gasteiger partial charge on any atom is -0.496 e. The van der Waals surface area contributed by atoms with Crippen LogP contribution in [-0.2, 0) is 9.53 Å². The first kappa shape index (κ1) is 16.3. The van der Waals surface area contributed by atoms with Crippen molar-refractivity contribution in [1.82, 2.24) is 0 Å². The smallest absolute Gasteiger partial charge is 0.363 e. The van der Waals surface area contributed by atoms with E-state index in [4.69, 9.17) is 14.2 Å². The lowest BCUT2D eigenvalue weighted by molar-refractivity contribution is -0.129. The molecule has 0 amide bonds. The third kappa shape index (κ3) is 3.19. The molecule has 122 valence electrons. The molecule has 0 spiro atoms. The summed E-state index contributed by atoms with van der Waals surface area (Å²) in [6.45, 7) is 0. The maximum atomic E-state index is 12.1. The number of carbonyl (C=O) groups excluding carboxylic acids is 1. The summed E-state index contributed by atoms with van der Waals surface area (Å²) in [5.74, 6) is 1.00. The fraction of sp³-hybridized carbons (Fsp3) is 0.111. The highest BCUT2D eigenvalue weighted by molar-refractivity contribution is 9.10. The topological polar surface area (TPSA) is 57.1 Å². The van der Waals surface area contributed by atoms with Gasteiger partial charge in [0.2, 0.25) is 5.90 Å². The van der Waals surface area contributed by atoms with Crippen LogP contribution in [0.3, 0.4) is 0 Å². The van der Waals surface area contributed by atoms with E-state index in [9.17, 15) is 4.79 Å². The summed E-state index contributed by atoms with van der Waals surface area (Å²) in [6, 6.07) is 12.8. The lowest BCUT2D eigenvalue weighted by Gasteiger charge is -2.09. The Morgan fingerprint density at radius 1 is 1.08 bits per heavy atom. The van der Waals surface area contributed by atoms with Crippen molar-refractivity contribution in [2.75, 3.05) is 14.2 Å². The van der Waals surface area contributed by atoms with E-state index in [0.29, 0.717) is 17.1 Å². The molecule has 2 aromatic rings. The van der Waals surface area contributed by atoms with Crippen molar-refractivity contribution in [1.29, 1.82) is 0 Å². The predicted octanol–water partition coefficient (Wildman–Crippen LogP) is 3.81. The van der Waals surface area contributed by atoms with Crippen molar-refractivity contribution < 1.29 is 19.0 Å². The van der Waals surface area contributed by atoms with E-state index in [1.54, 1.807) is 32.4 Å². The van der Waals surface area contributed by atoms with Crippen molar-refractivity contribution in [3.63, 3.8) is 0 Å². The molecule has 0 saturated carbocycles. The van der Waals surface area contributed by atoms with Crippen LogP contribution in [0.4, 0.5) is 0 Å². The first-order valence-corrected chi connectivity index (χ1v) is 7.91. The molecule has 1 aliphatic rings. The Kier molecular flexibility index (Phi) is 4.66. The molecule has 24 heavy (non-hydrogen) atoms. The van der Waals surface area contributed by atoms with E-state index in [1.165, 1.54) is 0 Å². The number of esters is 1. The Morgan fingerprint density at radius 2 is 1.79 bits per heavy atom. The van der Waals surface area contributed by atoms with Gasteiger partial charge in [-0.1, -0.05) is 18.2 Å². The van der Waals surface area contributed by atoms with Crippen LogP contribution in [0.1, 0.15) is 11.1 Å². The van der Waals surface area contributed by atoms with Gasteiger partial charge in [-0.3, -0.25) is 0 Å². The lowest BCUT2D eigenvalue weighted by Crippen LogP contribution is -2.05. The van der Waals surface area contributed by atoms with Crippen LogP contribution >= 0.6 is 15.9 Å². The SMILES string of the molecule is COc1cc(C=C2N=C(c3ccccc3)OC2=O)c(OC)cc1Br. The van der Waals surface area contributed by atoms with Gasteiger partial charge in [-0.15, -0.1) is 0 Å². The van der Waals surface area contributed by atoms with Crippen molar-refractivity contribution in [2.24, 2.45) is 4.99 Å². The zero-order valence-corrected chi connectivity index (χ0v) is 14.7. The Morgan fingerprint density at radius 3 is 2.46 bits per heavy atom. The number of ether oxygens (including phenoxy) is 3. The van der Waals surface area contributed by atoms with Gasteiger partial charge in [0.05, 0.1) is 18.7 Å². The van der Waals surface area contributed by atoms with Gasteiger partial charge in [0.1, 0.15) is 11.5 Å². The molecule has 0 unspecified atom stereocenters.